The number of likely N-dealkylation sites (tertiary alicyclic amines) is 1. The maximum atomic E-state index is 12.6. The Morgan fingerprint density at radius 1 is 1.28 bits per heavy atom. The van der Waals surface area contributed by atoms with Gasteiger partial charge < -0.3 is 20.1 Å². The van der Waals surface area contributed by atoms with Gasteiger partial charge in [0.2, 0.25) is 11.8 Å². The van der Waals surface area contributed by atoms with Gasteiger partial charge in [-0.15, -0.1) is 0 Å². The number of hydrogen-bond acceptors (Lipinski definition) is 5. The topological polar surface area (TPSA) is 74.7 Å². The molecule has 1 saturated heterocycles. The molecular weight excluding hydrogens is 474 g/mol. The molecule has 6 nitrogen and oxygen atoms in total. The molecule has 0 bridgehead atoms. The molecule has 1 unspecified atom stereocenters. The van der Waals surface area contributed by atoms with Crippen molar-refractivity contribution in [1.29, 1.82) is 0 Å². The first-order valence-corrected chi connectivity index (χ1v) is 12.7. The maximum absolute atomic E-state index is 12.6. The van der Waals surface area contributed by atoms with E-state index >= 15 is 0 Å². The van der Waals surface area contributed by atoms with E-state index in [0.29, 0.717) is 29.5 Å². The fourth-order valence-electron chi connectivity index (χ4n) is 5.05. The molecule has 2 aromatic rings. The number of hydrogen-bond donors (Lipinski definition) is 2. The first-order valence-electron chi connectivity index (χ1n) is 12.3. The van der Waals surface area contributed by atoms with Gasteiger partial charge in [0.1, 0.15) is 5.76 Å². The van der Waals surface area contributed by atoms with Crippen LogP contribution in [-0.2, 0) is 10.4 Å². The lowest BCUT2D eigenvalue weighted by atomic mass is 9.84. The fraction of sp³-hybridized carbons (Fsp3) is 0.310. The van der Waals surface area contributed by atoms with Crippen LogP contribution in [-0.4, -0.2) is 47.6 Å². The number of piperidine rings is 1. The lowest BCUT2D eigenvalue weighted by Gasteiger charge is -2.38. The van der Waals surface area contributed by atoms with Gasteiger partial charge >= 0.3 is 0 Å². The molecule has 186 valence electrons. The molecule has 2 aliphatic heterocycles. The molecule has 1 atom stereocenters. The van der Waals surface area contributed by atoms with Crippen LogP contribution >= 0.6 is 11.6 Å². The monoisotopic (exact) mass is 503 g/mol. The number of fused-ring (bicyclic) bond motifs is 2. The van der Waals surface area contributed by atoms with Gasteiger partial charge in [0.05, 0.1) is 11.5 Å². The van der Waals surface area contributed by atoms with Crippen LogP contribution in [0.5, 0.6) is 5.88 Å². The summed E-state index contributed by atoms with van der Waals surface area (Å²) in [6, 6.07) is 11.4. The van der Waals surface area contributed by atoms with Crippen molar-refractivity contribution in [3.8, 4) is 5.88 Å². The highest BCUT2D eigenvalue weighted by atomic mass is 35.5. The van der Waals surface area contributed by atoms with E-state index < -0.39 is 11.5 Å². The highest BCUT2D eigenvalue weighted by Gasteiger charge is 2.34. The largest absolute Gasteiger partial charge is 0.438 e. The number of halogens is 1. The Bertz CT molecular complexity index is 1250. The molecule has 36 heavy (non-hydrogen) atoms. The van der Waals surface area contributed by atoms with E-state index in [9.17, 15) is 9.90 Å². The van der Waals surface area contributed by atoms with Crippen LogP contribution in [0.2, 0.25) is 5.02 Å². The summed E-state index contributed by atoms with van der Waals surface area (Å²) >= 11 is 6.01. The third-order valence-corrected chi connectivity index (χ3v) is 7.43. The predicted octanol–water partition coefficient (Wildman–Crippen LogP) is 4.63. The lowest BCUT2D eigenvalue weighted by Crippen LogP contribution is -2.42. The van der Waals surface area contributed by atoms with E-state index in [2.05, 4.69) is 27.4 Å². The maximum Gasteiger partial charge on any atom is 0.231 e. The first-order chi connectivity index (χ1) is 17.5. The van der Waals surface area contributed by atoms with E-state index in [-0.39, 0.29) is 5.91 Å². The number of nitrogens with zero attached hydrogens (tertiary/aromatic N) is 2. The van der Waals surface area contributed by atoms with Crippen LogP contribution in [0.1, 0.15) is 30.4 Å². The van der Waals surface area contributed by atoms with Crippen LogP contribution in [0.15, 0.2) is 84.3 Å². The van der Waals surface area contributed by atoms with Crippen molar-refractivity contribution in [2.75, 3.05) is 26.7 Å². The van der Waals surface area contributed by atoms with Crippen LogP contribution in [0.25, 0.3) is 5.57 Å². The second kappa shape index (κ2) is 10.4. The molecule has 7 heteroatoms. The second-order valence-electron chi connectivity index (χ2n) is 9.39. The van der Waals surface area contributed by atoms with Gasteiger partial charge in [-0.2, -0.15) is 0 Å². The van der Waals surface area contributed by atoms with E-state index in [0.717, 1.165) is 48.3 Å². The summed E-state index contributed by atoms with van der Waals surface area (Å²) in [7, 11) is 1.64. The number of ether oxygens (including phenoxy) is 1. The number of nitrogens with one attached hydrogen (secondary N) is 1. The standard InChI is InChI=1S/C29H30ClN3O3/c1-31-27(34)24-6-2-8-26-25(24)19-20(23-7-3-15-32-28(23)36-26)5-4-16-33-17-13-29(35,14-18-33)21-9-11-22(30)12-10-21/h2-3,5-12,15,19,24,35H,4,13-14,16-18H2,1H3,(H,31,34). The first kappa shape index (κ1) is 24.5. The molecule has 1 aromatic heterocycles. The van der Waals surface area contributed by atoms with Crippen LogP contribution in [0, 0.1) is 5.92 Å². The molecule has 2 N–H and O–H groups in total. The summed E-state index contributed by atoms with van der Waals surface area (Å²) in [6.07, 6.45) is 13.8. The number of aliphatic hydroxyl groups is 1. The van der Waals surface area contributed by atoms with Crippen molar-refractivity contribution in [1.82, 2.24) is 15.2 Å². The van der Waals surface area contributed by atoms with Gasteiger partial charge in [0.15, 0.2) is 0 Å². The summed E-state index contributed by atoms with van der Waals surface area (Å²) in [4.78, 5) is 19.4. The van der Waals surface area contributed by atoms with Gasteiger partial charge in [-0.25, -0.2) is 4.98 Å². The minimum atomic E-state index is -0.806. The zero-order valence-corrected chi connectivity index (χ0v) is 21.0. The SMILES string of the molecule is CNC(=O)C1C=CC=C2Oc3ncccc3C(=CCCN3CCC(O)(c4ccc(Cl)cc4)CC3)C=C21. The van der Waals surface area contributed by atoms with Crippen molar-refractivity contribution >= 4 is 23.1 Å². The van der Waals surface area contributed by atoms with Gasteiger partial charge in [0.25, 0.3) is 0 Å². The summed E-state index contributed by atoms with van der Waals surface area (Å²) in [6.45, 7) is 2.52. The summed E-state index contributed by atoms with van der Waals surface area (Å²) in [5.74, 6) is 0.692. The number of pyridine rings is 1. The molecular formula is C29H30ClN3O3. The van der Waals surface area contributed by atoms with E-state index in [1.807, 2.05) is 54.6 Å². The van der Waals surface area contributed by atoms with Crippen molar-refractivity contribution in [3.63, 3.8) is 0 Å². The smallest absolute Gasteiger partial charge is 0.231 e. The van der Waals surface area contributed by atoms with Gasteiger partial charge in [-0.3, -0.25) is 4.79 Å². The summed E-state index contributed by atoms with van der Waals surface area (Å²) < 4.78 is 6.15. The van der Waals surface area contributed by atoms with Crippen molar-refractivity contribution in [2.45, 2.75) is 24.9 Å². The quantitative estimate of drug-likeness (QED) is 0.622. The van der Waals surface area contributed by atoms with Crippen molar-refractivity contribution < 1.29 is 14.6 Å². The number of amides is 1. The van der Waals surface area contributed by atoms with Crippen molar-refractivity contribution in [3.05, 3.63) is 100 Å². The van der Waals surface area contributed by atoms with Gasteiger partial charge in [0, 0.05) is 49.0 Å². The Morgan fingerprint density at radius 3 is 2.81 bits per heavy atom. The number of carbonyl (C=O) groups is 1. The molecule has 1 amide bonds. The van der Waals surface area contributed by atoms with Crippen LogP contribution in [0.3, 0.4) is 0 Å². The molecule has 0 spiro atoms. The van der Waals surface area contributed by atoms with E-state index in [1.165, 1.54) is 0 Å². The summed E-state index contributed by atoms with van der Waals surface area (Å²) in [5.41, 5.74) is 2.85. The molecule has 3 aliphatic rings. The number of benzene rings is 1. The number of aromatic nitrogens is 1. The molecule has 0 radical (unpaired) electrons. The van der Waals surface area contributed by atoms with E-state index in [4.69, 9.17) is 16.3 Å². The van der Waals surface area contributed by atoms with Gasteiger partial charge in [-0.05, 0) is 66.8 Å². The summed E-state index contributed by atoms with van der Waals surface area (Å²) in [5, 5.41) is 14.6. The third kappa shape index (κ3) is 5.03. The Kier molecular flexibility index (Phi) is 7.10. The van der Waals surface area contributed by atoms with E-state index in [1.54, 1.807) is 13.2 Å². The molecule has 1 aromatic carbocycles. The number of rotatable bonds is 5. The highest BCUT2D eigenvalue weighted by Crippen LogP contribution is 2.38. The Morgan fingerprint density at radius 2 is 2.06 bits per heavy atom. The minimum absolute atomic E-state index is 0.0774. The average molecular weight is 504 g/mol. The van der Waals surface area contributed by atoms with Crippen molar-refractivity contribution in [2.24, 2.45) is 5.92 Å². The normalized spacial score (nSPS) is 22.0. The Balaban J connectivity index is 1.31. The zero-order valence-electron chi connectivity index (χ0n) is 20.3. The predicted molar refractivity (Wildman–Crippen MR) is 141 cm³/mol. The third-order valence-electron chi connectivity index (χ3n) is 7.17. The Hall–Kier alpha value is -3.19. The van der Waals surface area contributed by atoms with Crippen LogP contribution < -0.4 is 10.1 Å². The number of carbonyl (C=O) groups excluding carboxylic acids is 1. The lowest BCUT2D eigenvalue weighted by molar-refractivity contribution is -0.122. The average Bonchev–Trinajstić information content (AvgIpc) is 3.06. The molecule has 3 heterocycles. The number of allylic oxidation sites excluding steroid dienone is 5. The molecule has 1 aliphatic carbocycles. The highest BCUT2D eigenvalue weighted by molar-refractivity contribution is 6.30. The molecule has 5 rings (SSSR count). The molecule has 0 saturated carbocycles. The van der Waals surface area contributed by atoms with Gasteiger partial charge in [-0.1, -0.05) is 42.0 Å². The minimum Gasteiger partial charge on any atom is -0.438 e. The van der Waals surface area contributed by atoms with Crippen LogP contribution in [0.4, 0.5) is 0 Å². The zero-order chi connectivity index (χ0) is 25.1. The second-order valence-corrected chi connectivity index (χ2v) is 9.83. The molecule has 1 fully saturated rings. The Labute approximate surface area is 216 Å². The fourth-order valence-corrected chi connectivity index (χ4v) is 5.18.